The van der Waals surface area contributed by atoms with Crippen molar-refractivity contribution in [3.63, 3.8) is 0 Å². The number of fused-ring (bicyclic) bond motifs is 8. The first-order chi connectivity index (χ1) is 19.3. The number of imidazole rings is 1. The second-order valence-corrected chi connectivity index (χ2v) is 11.0. The molecular formula is C32H22N6S. The minimum absolute atomic E-state index is 0.903. The van der Waals surface area contributed by atoms with E-state index in [0.29, 0.717) is 0 Å². The average molecular weight is 523 g/mol. The maximum Gasteiger partial charge on any atom is 0.141 e. The summed E-state index contributed by atoms with van der Waals surface area (Å²) in [6.07, 6.45) is 5.02. The highest BCUT2D eigenvalue weighted by molar-refractivity contribution is 7.19. The number of thiophene rings is 1. The molecule has 0 N–H and O–H groups in total. The van der Waals surface area contributed by atoms with Crippen LogP contribution >= 0.6 is 11.3 Å². The molecule has 6 aromatic heterocycles. The smallest absolute Gasteiger partial charge is 0.141 e. The Bertz CT molecular complexity index is 2200. The molecule has 0 amide bonds. The second-order valence-electron chi connectivity index (χ2n) is 9.94. The second kappa shape index (κ2) is 7.82. The quantitative estimate of drug-likeness (QED) is 0.241. The molecule has 8 aromatic rings. The average Bonchev–Trinajstić information content (AvgIpc) is 3.78. The lowest BCUT2D eigenvalue weighted by molar-refractivity contribution is 0.980. The molecule has 1 aliphatic heterocycles. The van der Waals surface area contributed by atoms with Gasteiger partial charge in [-0.15, -0.1) is 11.3 Å². The van der Waals surface area contributed by atoms with E-state index in [1.807, 2.05) is 23.6 Å². The van der Waals surface area contributed by atoms with Crippen LogP contribution < -0.4 is 4.90 Å². The summed E-state index contributed by atoms with van der Waals surface area (Å²) in [5.74, 6) is 2.81. The Balaban J connectivity index is 1.29. The Hall–Kier alpha value is -4.88. The SMILES string of the molecule is c1ccc(N2CCc3sc4c(cc5n(-c6cccc(-n7ccc8ccccc87)n6)c6ccccc6n45)c32)nc1. The van der Waals surface area contributed by atoms with Gasteiger partial charge in [-0.2, -0.15) is 0 Å². The van der Waals surface area contributed by atoms with Crippen LogP contribution in [0.4, 0.5) is 11.5 Å². The predicted octanol–water partition coefficient (Wildman–Crippen LogP) is 7.53. The number of benzene rings is 2. The summed E-state index contributed by atoms with van der Waals surface area (Å²) >= 11 is 1.90. The number of hydrogen-bond acceptors (Lipinski definition) is 4. The summed E-state index contributed by atoms with van der Waals surface area (Å²) < 4.78 is 6.86. The number of rotatable bonds is 3. The molecule has 2 aromatic carbocycles. The molecule has 1 aliphatic rings. The summed E-state index contributed by atoms with van der Waals surface area (Å²) in [6, 6.07) is 34.0. The summed E-state index contributed by atoms with van der Waals surface area (Å²) in [7, 11) is 0. The molecule has 0 aliphatic carbocycles. The molecule has 39 heavy (non-hydrogen) atoms. The van der Waals surface area contributed by atoms with Crippen molar-refractivity contribution in [3.05, 3.63) is 114 Å². The van der Waals surface area contributed by atoms with E-state index in [4.69, 9.17) is 4.98 Å². The summed E-state index contributed by atoms with van der Waals surface area (Å²) in [6.45, 7) is 0.962. The van der Waals surface area contributed by atoms with Gasteiger partial charge in [0.15, 0.2) is 0 Å². The van der Waals surface area contributed by atoms with Gasteiger partial charge in [-0.3, -0.25) is 8.97 Å². The molecule has 0 spiro atoms. The first-order valence-electron chi connectivity index (χ1n) is 13.1. The number of hydrogen-bond donors (Lipinski definition) is 0. The fourth-order valence-corrected chi connectivity index (χ4v) is 7.45. The summed E-state index contributed by atoms with van der Waals surface area (Å²) in [5.41, 5.74) is 5.90. The number of pyridine rings is 2. The van der Waals surface area contributed by atoms with Crippen LogP contribution in [0.15, 0.2) is 109 Å². The third-order valence-electron chi connectivity index (χ3n) is 7.82. The van der Waals surface area contributed by atoms with E-state index < -0.39 is 0 Å². The highest BCUT2D eigenvalue weighted by Gasteiger charge is 2.29. The number of para-hydroxylation sites is 3. The first-order valence-corrected chi connectivity index (χ1v) is 14.0. The maximum absolute atomic E-state index is 5.19. The van der Waals surface area contributed by atoms with Crippen LogP contribution in [0.5, 0.6) is 0 Å². The van der Waals surface area contributed by atoms with E-state index in [-0.39, 0.29) is 0 Å². The molecule has 0 radical (unpaired) electrons. The van der Waals surface area contributed by atoms with E-state index in [0.717, 1.165) is 47.1 Å². The minimum Gasteiger partial charge on any atom is -0.324 e. The Morgan fingerprint density at radius 3 is 2.41 bits per heavy atom. The van der Waals surface area contributed by atoms with Crippen LogP contribution in [0, 0.1) is 0 Å². The summed E-state index contributed by atoms with van der Waals surface area (Å²) in [4.78, 5) is 14.9. The standard InChI is InChI=1S/C32H22N6S/c1-2-9-23-21(8-1)15-18-35(23)28-13-7-14-29(34-28)37-24-10-3-4-11-25(24)38-30(37)20-22-31-26(39-32(22)38)16-19-36(31)27-12-5-6-17-33-27/h1-15,17-18,20H,16,19H2. The summed E-state index contributed by atoms with van der Waals surface area (Å²) in [5, 5.41) is 2.48. The Morgan fingerprint density at radius 1 is 0.718 bits per heavy atom. The lowest BCUT2D eigenvalue weighted by Gasteiger charge is -2.17. The maximum atomic E-state index is 5.19. The molecule has 7 heteroatoms. The predicted molar refractivity (Wildman–Crippen MR) is 159 cm³/mol. The first kappa shape index (κ1) is 21.1. The van der Waals surface area contributed by atoms with Crippen molar-refractivity contribution in [2.24, 2.45) is 0 Å². The largest absolute Gasteiger partial charge is 0.324 e. The Morgan fingerprint density at radius 2 is 1.51 bits per heavy atom. The number of anilines is 2. The zero-order valence-electron chi connectivity index (χ0n) is 20.9. The van der Waals surface area contributed by atoms with Crippen LogP contribution in [-0.2, 0) is 6.42 Å². The molecule has 0 fully saturated rings. The van der Waals surface area contributed by atoms with Gasteiger partial charge < -0.3 is 9.47 Å². The van der Waals surface area contributed by atoms with Crippen LogP contribution in [0.2, 0.25) is 0 Å². The molecule has 186 valence electrons. The fraction of sp³-hybridized carbons (Fsp3) is 0.0625. The van der Waals surface area contributed by atoms with Gasteiger partial charge in [0.2, 0.25) is 0 Å². The van der Waals surface area contributed by atoms with Gasteiger partial charge >= 0.3 is 0 Å². The number of aromatic nitrogens is 5. The highest BCUT2D eigenvalue weighted by atomic mass is 32.1. The van der Waals surface area contributed by atoms with Gasteiger partial charge in [-0.25, -0.2) is 9.97 Å². The Kier molecular flexibility index (Phi) is 4.23. The topological polar surface area (TPSA) is 43.3 Å². The van der Waals surface area contributed by atoms with E-state index in [9.17, 15) is 0 Å². The highest BCUT2D eigenvalue weighted by Crippen LogP contribution is 2.47. The van der Waals surface area contributed by atoms with Gasteiger partial charge in [-0.05, 0) is 60.0 Å². The van der Waals surface area contributed by atoms with Crippen molar-refractivity contribution >= 4 is 60.6 Å². The van der Waals surface area contributed by atoms with Gasteiger partial charge in [0, 0.05) is 35.6 Å². The van der Waals surface area contributed by atoms with Crippen molar-refractivity contribution in [2.75, 3.05) is 11.4 Å². The third-order valence-corrected chi connectivity index (χ3v) is 9.06. The van der Waals surface area contributed by atoms with Gasteiger partial charge in [-0.1, -0.05) is 42.5 Å². The van der Waals surface area contributed by atoms with Crippen LogP contribution in [0.3, 0.4) is 0 Å². The zero-order valence-corrected chi connectivity index (χ0v) is 21.7. The van der Waals surface area contributed by atoms with E-state index in [1.165, 1.54) is 31.7 Å². The fourth-order valence-electron chi connectivity index (χ4n) is 6.16. The van der Waals surface area contributed by atoms with Crippen LogP contribution in [0.1, 0.15) is 4.88 Å². The third kappa shape index (κ3) is 2.90. The molecule has 6 nitrogen and oxygen atoms in total. The zero-order chi connectivity index (χ0) is 25.5. The van der Waals surface area contributed by atoms with Crippen molar-refractivity contribution in [1.29, 1.82) is 0 Å². The van der Waals surface area contributed by atoms with Crippen LogP contribution in [-0.4, -0.2) is 30.0 Å². The van der Waals surface area contributed by atoms with Crippen molar-refractivity contribution < 1.29 is 0 Å². The molecule has 7 heterocycles. The van der Waals surface area contributed by atoms with Gasteiger partial charge in [0.25, 0.3) is 0 Å². The molecular weight excluding hydrogens is 500 g/mol. The normalized spacial score (nSPS) is 13.4. The monoisotopic (exact) mass is 522 g/mol. The Labute approximate surface area is 227 Å². The van der Waals surface area contributed by atoms with E-state index >= 15 is 0 Å². The van der Waals surface area contributed by atoms with Gasteiger partial charge in [0.05, 0.1) is 22.2 Å². The van der Waals surface area contributed by atoms with Crippen molar-refractivity contribution in [1.82, 2.24) is 23.5 Å². The number of nitrogens with zero attached hydrogens (tertiary/aromatic N) is 6. The molecule has 0 atom stereocenters. The van der Waals surface area contributed by atoms with Crippen molar-refractivity contribution in [3.8, 4) is 11.6 Å². The lowest BCUT2D eigenvalue weighted by Crippen LogP contribution is -2.14. The molecule has 9 rings (SSSR count). The van der Waals surface area contributed by atoms with Crippen molar-refractivity contribution in [2.45, 2.75) is 6.42 Å². The van der Waals surface area contributed by atoms with E-state index in [2.05, 4.69) is 121 Å². The molecule has 0 saturated heterocycles. The molecule has 0 saturated carbocycles. The molecule has 0 bridgehead atoms. The molecule has 0 unspecified atom stereocenters. The van der Waals surface area contributed by atoms with E-state index in [1.54, 1.807) is 0 Å². The lowest BCUT2D eigenvalue weighted by atomic mass is 10.2. The minimum atomic E-state index is 0.903. The van der Waals surface area contributed by atoms with Gasteiger partial charge in [0.1, 0.15) is 27.9 Å². The van der Waals surface area contributed by atoms with Crippen LogP contribution in [0.25, 0.3) is 49.4 Å².